The van der Waals surface area contributed by atoms with Gasteiger partial charge in [0.05, 0.1) is 6.10 Å². The van der Waals surface area contributed by atoms with Gasteiger partial charge in [-0.1, -0.05) is 32.4 Å². The summed E-state index contributed by atoms with van der Waals surface area (Å²) in [4.78, 5) is 0. The Morgan fingerprint density at radius 1 is 1.04 bits per heavy atom. The minimum Gasteiger partial charge on any atom is -0.393 e. The van der Waals surface area contributed by atoms with Gasteiger partial charge in [-0.25, -0.2) is 0 Å². The quantitative estimate of drug-likeness (QED) is 0.578. The zero-order chi connectivity index (χ0) is 16.4. The maximum absolute atomic E-state index is 10.2. The van der Waals surface area contributed by atoms with E-state index in [2.05, 4.69) is 33.8 Å². The average molecular weight is 317 g/mol. The van der Waals surface area contributed by atoms with E-state index >= 15 is 0 Å². The standard InChI is InChI=1S/C22H36O/c1-5-15-6-7-18-20-14(2)12-16-13-17(23)8-10-22(16,4)19(20)9-11-21(15,18)3/h5,14,16-20,23H,6-13H2,1-4H3/b15-5-/t14?,16-,17?,18-,19-,20-,21+,22-/m0/s1. The monoisotopic (exact) mass is 316 g/mol. The number of hydrogen-bond donors (Lipinski definition) is 1. The Balaban J connectivity index is 1.68. The van der Waals surface area contributed by atoms with E-state index in [1.54, 1.807) is 5.57 Å². The molecule has 8 atom stereocenters. The van der Waals surface area contributed by atoms with E-state index in [4.69, 9.17) is 0 Å². The van der Waals surface area contributed by atoms with Crippen molar-refractivity contribution < 1.29 is 5.11 Å². The van der Waals surface area contributed by atoms with Gasteiger partial charge < -0.3 is 5.11 Å². The molecule has 4 aliphatic carbocycles. The van der Waals surface area contributed by atoms with Crippen LogP contribution in [0.15, 0.2) is 11.6 Å². The van der Waals surface area contributed by atoms with Gasteiger partial charge in [0.15, 0.2) is 0 Å². The molecule has 2 unspecified atom stereocenters. The van der Waals surface area contributed by atoms with Crippen molar-refractivity contribution in [3.05, 3.63) is 11.6 Å². The van der Waals surface area contributed by atoms with Crippen molar-refractivity contribution >= 4 is 0 Å². The van der Waals surface area contributed by atoms with Crippen LogP contribution < -0.4 is 0 Å². The lowest BCUT2D eigenvalue weighted by Gasteiger charge is -2.62. The molecule has 0 aromatic carbocycles. The minimum atomic E-state index is -0.0215. The van der Waals surface area contributed by atoms with Crippen molar-refractivity contribution in [2.75, 3.05) is 0 Å². The van der Waals surface area contributed by atoms with Crippen molar-refractivity contribution in [1.82, 2.24) is 0 Å². The van der Waals surface area contributed by atoms with E-state index in [0.29, 0.717) is 10.8 Å². The molecular formula is C22H36O. The van der Waals surface area contributed by atoms with Crippen LogP contribution in [-0.2, 0) is 0 Å². The van der Waals surface area contributed by atoms with Crippen LogP contribution >= 0.6 is 0 Å². The molecule has 4 rings (SSSR count). The highest BCUT2D eigenvalue weighted by molar-refractivity contribution is 5.24. The summed E-state index contributed by atoms with van der Waals surface area (Å²) in [6, 6.07) is 0. The second-order valence-electron chi connectivity index (χ2n) is 9.94. The summed E-state index contributed by atoms with van der Waals surface area (Å²) in [6.07, 6.45) is 12.8. The smallest absolute Gasteiger partial charge is 0.0543 e. The van der Waals surface area contributed by atoms with Gasteiger partial charge in [0.2, 0.25) is 0 Å². The molecule has 0 aromatic heterocycles. The van der Waals surface area contributed by atoms with Crippen LogP contribution in [0.3, 0.4) is 0 Å². The molecule has 0 amide bonds. The first-order valence-electron chi connectivity index (χ1n) is 10.2. The summed E-state index contributed by atoms with van der Waals surface area (Å²) in [7, 11) is 0. The summed E-state index contributed by atoms with van der Waals surface area (Å²) in [6.45, 7) is 9.99. The third kappa shape index (κ3) is 2.14. The first-order valence-corrected chi connectivity index (χ1v) is 10.2. The Hall–Kier alpha value is -0.300. The van der Waals surface area contributed by atoms with Gasteiger partial charge in [0.1, 0.15) is 0 Å². The number of rotatable bonds is 0. The summed E-state index contributed by atoms with van der Waals surface area (Å²) in [5.74, 6) is 4.39. The van der Waals surface area contributed by atoms with Gasteiger partial charge in [-0.3, -0.25) is 0 Å². The number of allylic oxidation sites excluding steroid dienone is 2. The number of aliphatic hydroxyl groups excluding tert-OH is 1. The highest BCUT2D eigenvalue weighted by atomic mass is 16.3. The minimum absolute atomic E-state index is 0.0215. The predicted molar refractivity (Wildman–Crippen MR) is 96.0 cm³/mol. The highest BCUT2D eigenvalue weighted by Crippen LogP contribution is 2.68. The maximum atomic E-state index is 10.2. The molecule has 0 aromatic rings. The molecule has 0 aliphatic heterocycles. The summed E-state index contributed by atoms with van der Waals surface area (Å²) in [5.41, 5.74) is 2.78. The fraction of sp³-hybridized carbons (Fsp3) is 0.909. The Bertz CT molecular complexity index is 508. The lowest BCUT2D eigenvalue weighted by Crippen LogP contribution is -2.55. The lowest BCUT2D eigenvalue weighted by atomic mass is 9.43. The first kappa shape index (κ1) is 16.2. The van der Waals surface area contributed by atoms with Crippen LogP contribution in [-0.4, -0.2) is 11.2 Å². The van der Waals surface area contributed by atoms with Gasteiger partial charge >= 0.3 is 0 Å². The molecule has 1 nitrogen and oxygen atoms in total. The van der Waals surface area contributed by atoms with E-state index in [1.165, 1.54) is 38.5 Å². The topological polar surface area (TPSA) is 20.2 Å². The molecule has 0 radical (unpaired) electrons. The number of aliphatic hydroxyl groups is 1. The molecule has 1 heteroatoms. The van der Waals surface area contributed by atoms with Crippen LogP contribution in [0.4, 0.5) is 0 Å². The SMILES string of the molecule is C/C=C1/CC[C@H]2[C@@H]3C(C)C[C@H]4CC(O)CC[C@]4(C)[C@H]3CC[C@]12C. The zero-order valence-electron chi connectivity index (χ0n) is 15.6. The molecule has 0 saturated heterocycles. The second-order valence-corrected chi connectivity index (χ2v) is 9.94. The zero-order valence-corrected chi connectivity index (χ0v) is 15.6. The van der Waals surface area contributed by atoms with Crippen molar-refractivity contribution in [3.8, 4) is 0 Å². The molecule has 0 spiro atoms. The molecule has 130 valence electrons. The Morgan fingerprint density at radius 2 is 1.83 bits per heavy atom. The highest BCUT2D eigenvalue weighted by Gasteiger charge is 2.60. The lowest BCUT2D eigenvalue weighted by molar-refractivity contribution is -0.138. The number of fused-ring (bicyclic) bond motifs is 5. The molecule has 4 fully saturated rings. The molecule has 23 heavy (non-hydrogen) atoms. The van der Waals surface area contributed by atoms with Gasteiger partial charge in [0.25, 0.3) is 0 Å². The molecule has 0 heterocycles. The fourth-order valence-corrected chi connectivity index (χ4v) is 7.94. The van der Waals surface area contributed by atoms with E-state index in [0.717, 1.165) is 42.4 Å². The van der Waals surface area contributed by atoms with Gasteiger partial charge in [-0.15, -0.1) is 0 Å². The van der Waals surface area contributed by atoms with Crippen molar-refractivity contribution in [3.63, 3.8) is 0 Å². The molecule has 4 saturated carbocycles. The summed E-state index contributed by atoms with van der Waals surface area (Å²) >= 11 is 0. The molecular weight excluding hydrogens is 280 g/mol. The van der Waals surface area contributed by atoms with Crippen molar-refractivity contribution in [2.45, 2.75) is 85.2 Å². The van der Waals surface area contributed by atoms with E-state index in [1.807, 2.05) is 0 Å². The predicted octanol–water partition coefficient (Wildman–Crippen LogP) is 5.58. The molecule has 0 bridgehead atoms. The Kier molecular flexibility index (Phi) is 3.76. The molecule has 4 aliphatic rings. The summed E-state index contributed by atoms with van der Waals surface area (Å²) < 4.78 is 0. The Morgan fingerprint density at radius 3 is 2.57 bits per heavy atom. The third-order valence-corrected chi connectivity index (χ3v) is 9.19. The largest absolute Gasteiger partial charge is 0.393 e. The van der Waals surface area contributed by atoms with Gasteiger partial charge in [0, 0.05) is 0 Å². The van der Waals surface area contributed by atoms with Crippen LogP contribution in [0.2, 0.25) is 0 Å². The van der Waals surface area contributed by atoms with Crippen molar-refractivity contribution in [1.29, 1.82) is 0 Å². The normalized spacial score (nSPS) is 57.7. The summed E-state index contributed by atoms with van der Waals surface area (Å²) in [5, 5.41) is 10.2. The van der Waals surface area contributed by atoms with Crippen molar-refractivity contribution in [2.24, 2.45) is 40.4 Å². The van der Waals surface area contributed by atoms with E-state index in [-0.39, 0.29) is 6.10 Å². The van der Waals surface area contributed by atoms with Gasteiger partial charge in [-0.05, 0) is 98.7 Å². The van der Waals surface area contributed by atoms with E-state index < -0.39 is 0 Å². The van der Waals surface area contributed by atoms with Crippen LogP contribution in [0, 0.1) is 40.4 Å². The fourth-order valence-electron chi connectivity index (χ4n) is 7.94. The van der Waals surface area contributed by atoms with Gasteiger partial charge in [-0.2, -0.15) is 0 Å². The number of hydrogen-bond acceptors (Lipinski definition) is 1. The third-order valence-electron chi connectivity index (χ3n) is 9.19. The van der Waals surface area contributed by atoms with Crippen LogP contribution in [0.5, 0.6) is 0 Å². The molecule has 1 N–H and O–H groups in total. The van der Waals surface area contributed by atoms with E-state index in [9.17, 15) is 5.11 Å². The first-order chi connectivity index (χ1) is 10.9. The maximum Gasteiger partial charge on any atom is 0.0543 e. The average Bonchev–Trinajstić information content (AvgIpc) is 2.85. The van der Waals surface area contributed by atoms with Crippen LogP contribution in [0.25, 0.3) is 0 Å². The van der Waals surface area contributed by atoms with Crippen LogP contribution in [0.1, 0.15) is 79.1 Å². The Labute approximate surface area is 142 Å². The second kappa shape index (κ2) is 5.35.